The molecule has 2 amide bonds. The van der Waals surface area contributed by atoms with E-state index in [1.165, 1.54) is 7.11 Å². The number of benzene rings is 3. The van der Waals surface area contributed by atoms with Crippen molar-refractivity contribution in [2.24, 2.45) is 0 Å². The van der Waals surface area contributed by atoms with E-state index in [0.29, 0.717) is 35.1 Å². The summed E-state index contributed by atoms with van der Waals surface area (Å²) in [5.41, 5.74) is 2.78. The van der Waals surface area contributed by atoms with Crippen LogP contribution < -0.4 is 19.7 Å². The fourth-order valence-electron chi connectivity index (χ4n) is 3.67. The summed E-state index contributed by atoms with van der Waals surface area (Å²) in [6, 6.07) is 22.2. The largest absolute Gasteiger partial charge is 0.496 e. The Morgan fingerprint density at radius 3 is 2.59 bits per heavy atom. The third-order valence-electron chi connectivity index (χ3n) is 5.07. The summed E-state index contributed by atoms with van der Waals surface area (Å²) in [5.74, 6) is 1.33. The quantitative estimate of drug-likeness (QED) is 0.543. The van der Waals surface area contributed by atoms with E-state index in [-0.39, 0.29) is 17.2 Å². The number of nitrogens with zero attached hydrogens (tertiary/aromatic N) is 1. The summed E-state index contributed by atoms with van der Waals surface area (Å²) in [6.07, 6.45) is 0. The zero-order valence-corrected chi connectivity index (χ0v) is 18.7. The van der Waals surface area contributed by atoms with Crippen LogP contribution in [0.5, 0.6) is 11.5 Å². The number of carbonyl (C=O) groups is 2. The first-order chi connectivity index (χ1) is 15.6. The molecule has 1 heterocycles. The van der Waals surface area contributed by atoms with Gasteiger partial charge in [-0.2, -0.15) is 0 Å². The molecule has 1 fully saturated rings. The molecule has 1 aliphatic rings. The van der Waals surface area contributed by atoms with Crippen LogP contribution in [-0.4, -0.2) is 31.3 Å². The molecule has 1 saturated heterocycles. The lowest BCUT2D eigenvalue weighted by atomic mass is 10.1. The van der Waals surface area contributed by atoms with Crippen LogP contribution in [0.25, 0.3) is 0 Å². The molecule has 7 heteroatoms. The van der Waals surface area contributed by atoms with Crippen molar-refractivity contribution in [1.82, 2.24) is 0 Å². The SMILES string of the molecule is CCOc1ccccc1N1C(=O)CS[C@H]1c1cccc(NC(=O)c2ccccc2OC)c1. The molecule has 0 aliphatic carbocycles. The number of para-hydroxylation sites is 3. The third kappa shape index (κ3) is 4.43. The average molecular weight is 449 g/mol. The van der Waals surface area contributed by atoms with Gasteiger partial charge in [0.1, 0.15) is 16.9 Å². The Bertz CT molecular complexity index is 1130. The molecule has 0 saturated carbocycles. The molecular formula is C25H24N2O4S. The molecule has 164 valence electrons. The van der Waals surface area contributed by atoms with Crippen LogP contribution in [0.1, 0.15) is 28.2 Å². The van der Waals surface area contributed by atoms with Crippen molar-refractivity contribution >= 4 is 35.0 Å². The summed E-state index contributed by atoms with van der Waals surface area (Å²) in [4.78, 5) is 27.4. The van der Waals surface area contributed by atoms with Gasteiger partial charge in [0.15, 0.2) is 0 Å². The van der Waals surface area contributed by atoms with Gasteiger partial charge in [-0.05, 0) is 48.9 Å². The predicted molar refractivity (Wildman–Crippen MR) is 128 cm³/mol. The van der Waals surface area contributed by atoms with Gasteiger partial charge in [-0.3, -0.25) is 14.5 Å². The minimum atomic E-state index is -0.256. The van der Waals surface area contributed by atoms with Gasteiger partial charge in [0.05, 0.1) is 30.7 Å². The van der Waals surface area contributed by atoms with Crippen molar-refractivity contribution in [2.75, 3.05) is 29.7 Å². The predicted octanol–water partition coefficient (Wildman–Crippen LogP) is 5.12. The molecule has 0 bridgehead atoms. The maximum atomic E-state index is 12.8. The lowest BCUT2D eigenvalue weighted by Gasteiger charge is -2.26. The molecule has 0 aromatic heterocycles. The van der Waals surface area contributed by atoms with Crippen LogP contribution >= 0.6 is 11.8 Å². The van der Waals surface area contributed by atoms with Crippen LogP contribution in [0.2, 0.25) is 0 Å². The monoisotopic (exact) mass is 448 g/mol. The highest BCUT2D eigenvalue weighted by Crippen LogP contribution is 2.45. The van der Waals surface area contributed by atoms with Crippen molar-refractivity contribution in [2.45, 2.75) is 12.3 Å². The Balaban J connectivity index is 1.61. The Labute approximate surface area is 191 Å². The summed E-state index contributed by atoms with van der Waals surface area (Å²) in [6.45, 7) is 2.43. The van der Waals surface area contributed by atoms with Gasteiger partial charge < -0.3 is 14.8 Å². The number of amides is 2. The van der Waals surface area contributed by atoms with Crippen molar-refractivity contribution < 1.29 is 19.1 Å². The number of ether oxygens (including phenoxy) is 2. The fourth-order valence-corrected chi connectivity index (χ4v) is 4.82. The average Bonchev–Trinajstić information content (AvgIpc) is 3.21. The van der Waals surface area contributed by atoms with Crippen LogP contribution in [0, 0.1) is 0 Å². The molecule has 32 heavy (non-hydrogen) atoms. The molecule has 6 nitrogen and oxygen atoms in total. The lowest BCUT2D eigenvalue weighted by molar-refractivity contribution is -0.115. The fraction of sp³-hybridized carbons (Fsp3) is 0.200. The summed E-state index contributed by atoms with van der Waals surface area (Å²) < 4.78 is 11.1. The molecule has 1 aliphatic heterocycles. The molecule has 3 aromatic rings. The number of rotatable bonds is 7. The molecule has 0 unspecified atom stereocenters. The maximum Gasteiger partial charge on any atom is 0.259 e. The zero-order chi connectivity index (χ0) is 22.5. The molecule has 0 radical (unpaired) electrons. The minimum Gasteiger partial charge on any atom is -0.496 e. The number of carbonyl (C=O) groups excluding carboxylic acids is 2. The highest BCUT2D eigenvalue weighted by molar-refractivity contribution is 8.00. The molecular weight excluding hydrogens is 424 g/mol. The molecule has 1 N–H and O–H groups in total. The number of anilines is 2. The van der Waals surface area contributed by atoms with E-state index in [1.54, 1.807) is 34.9 Å². The second kappa shape index (κ2) is 9.78. The third-order valence-corrected chi connectivity index (χ3v) is 6.29. The van der Waals surface area contributed by atoms with Gasteiger partial charge in [-0.1, -0.05) is 36.4 Å². The molecule has 0 spiro atoms. The van der Waals surface area contributed by atoms with Gasteiger partial charge in [-0.15, -0.1) is 11.8 Å². The molecule has 1 atom stereocenters. The van der Waals surface area contributed by atoms with E-state index in [9.17, 15) is 9.59 Å². The number of hydrogen-bond donors (Lipinski definition) is 1. The van der Waals surface area contributed by atoms with Gasteiger partial charge in [0.25, 0.3) is 5.91 Å². The number of methoxy groups -OCH3 is 1. The van der Waals surface area contributed by atoms with Crippen LogP contribution in [-0.2, 0) is 4.79 Å². The van der Waals surface area contributed by atoms with Crippen molar-refractivity contribution in [3.63, 3.8) is 0 Å². The van der Waals surface area contributed by atoms with E-state index in [2.05, 4.69) is 5.32 Å². The first-order valence-corrected chi connectivity index (χ1v) is 11.4. The van der Waals surface area contributed by atoms with Crippen molar-refractivity contribution in [3.8, 4) is 11.5 Å². The Morgan fingerprint density at radius 2 is 1.81 bits per heavy atom. The summed E-state index contributed by atoms with van der Waals surface area (Å²) in [7, 11) is 1.54. The van der Waals surface area contributed by atoms with Crippen molar-refractivity contribution in [3.05, 3.63) is 83.9 Å². The smallest absolute Gasteiger partial charge is 0.259 e. The molecule has 4 rings (SSSR count). The first kappa shape index (κ1) is 21.8. The van der Waals surface area contributed by atoms with Gasteiger partial charge in [0, 0.05) is 5.69 Å². The van der Waals surface area contributed by atoms with E-state index >= 15 is 0 Å². The van der Waals surface area contributed by atoms with E-state index in [1.807, 2.05) is 61.5 Å². The van der Waals surface area contributed by atoms with E-state index < -0.39 is 0 Å². The molecule has 3 aromatic carbocycles. The van der Waals surface area contributed by atoms with Gasteiger partial charge in [-0.25, -0.2) is 0 Å². The number of thioether (sulfide) groups is 1. The minimum absolute atomic E-state index is 0.0237. The standard InChI is InChI=1S/C25H24N2O4S/c1-3-31-22-14-7-5-12-20(22)27-23(28)16-32-25(27)17-9-8-10-18(15-17)26-24(29)19-11-4-6-13-21(19)30-2/h4-15,25H,3,16H2,1-2H3,(H,26,29)/t25-/m0/s1. The normalized spacial score (nSPS) is 15.5. The second-order valence-corrected chi connectivity index (χ2v) is 8.18. The van der Waals surface area contributed by atoms with Crippen LogP contribution in [0.15, 0.2) is 72.8 Å². The second-order valence-electron chi connectivity index (χ2n) is 7.11. The maximum absolute atomic E-state index is 12.8. The van der Waals surface area contributed by atoms with E-state index in [0.717, 1.165) is 11.3 Å². The first-order valence-electron chi connectivity index (χ1n) is 10.3. The van der Waals surface area contributed by atoms with Crippen LogP contribution in [0.3, 0.4) is 0 Å². The van der Waals surface area contributed by atoms with Crippen molar-refractivity contribution in [1.29, 1.82) is 0 Å². The Morgan fingerprint density at radius 1 is 1.06 bits per heavy atom. The Kier molecular flexibility index (Phi) is 6.66. The van der Waals surface area contributed by atoms with Crippen LogP contribution in [0.4, 0.5) is 11.4 Å². The number of nitrogens with one attached hydrogen (secondary N) is 1. The number of hydrogen-bond acceptors (Lipinski definition) is 5. The summed E-state index contributed by atoms with van der Waals surface area (Å²) in [5, 5.41) is 2.72. The van der Waals surface area contributed by atoms with E-state index in [4.69, 9.17) is 9.47 Å². The highest BCUT2D eigenvalue weighted by atomic mass is 32.2. The van der Waals surface area contributed by atoms with Gasteiger partial charge >= 0.3 is 0 Å². The topological polar surface area (TPSA) is 67.9 Å². The lowest BCUT2D eigenvalue weighted by Crippen LogP contribution is -2.28. The zero-order valence-electron chi connectivity index (χ0n) is 17.9. The van der Waals surface area contributed by atoms with Gasteiger partial charge in [0.2, 0.25) is 5.91 Å². The highest BCUT2D eigenvalue weighted by Gasteiger charge is 2.35. The summed E-state index contributed by atoms with van der Waals surface area (Å²) >= 11 is 1.55. The Hall–Kier alpha value is -3.45.